The molecule has 266 valence electrons. The highest BCUT2D eigenvalue weighted by Crippen LogP contribution is 2.41. The van der Waals surface area contributed by atoms with Crippen molar-refractivity contribution < 1.29 is 4.42 Å². The molecular weight excluding hydrogens is 693 g/mol. The molecular formula is C54H34N2O. The van der Waals surface area contributed by atoms with Crippen LogP contribution in [-0.2, 0) is 0 Å². The second kappa shape index (κ2) is 12.5. The molecule has 0 atom stereocenters. The first-order valence-electron chi connectivity index (χ1n) is 19.5. The zero-order valence-electron chi connectivity index (χ0n) is 30.9. The molecule has 3 aromatic heterocycles. The fourth-order valence-electron chi connectivity index (χ4n) is 9.10. The van der Waals surface area contributed by atoms with Crippen LogP contribution in [0.1, 0.15) is 0 Å². The molecule has 0 bridgehead atoms. The highest BCUT2D eigenvalue weighted by molar-refractivity contribution is 6.24. The molecule has 0 aliphatic carbocycles. The van der Waals surface area contributed by atoms with Gasteiger partial charge in [0.15, 0.2) is 0 Å². The molecule has 3 heteroatoms. The molecule has 0 aliphatic heterocycles. The van der Waals surface area contributed by atoms with Crippen LogP contribution in [0, 0.1) is 0 Å². The van der Waals surface area contributed by atoms with E-state index >= 15 is 0 Å². The van der Waals surface area contributed by atoms with E-state index < -0.39 is 0 Å². The average molecular weight is 727 g/mol. The zero-order chi connectivity index (χ0) is 37.5. The minimum absolute atomic E-state index is 0.904. The highest BCUT2D eigenvalue weighted by atomic mass is 16.3. The van der Waals surface area contributed by atoms with E-state index in [4.69, 9.17) is 4.42 Å². The van der Waals surface area contributed by atoms with Gasteiger partial charge in [-0.1, -0.05) is 140 Å². The summed E-state index contributed by atoms with van der Waals surface area (Å²) in [7, 11) is 0. The summed E-state index contributed by atoms with van der Waals surface area (Å²) in [5.41, 5.74) is 15.9. The van der Waals surface area contributed by atoms with Crippen LogP contribution >= 0.6 is 0 Å². The Morgan fingerprint density at radius 3 is 1.39 bits per heavy atom. The predicted molar refractivity (Wildman–Crippen MR) is 239 cm³/mol. The lowest BCUT2D eigenvalue weighted by molar-refractivity contribution is 0.669. The second-order valence-electron chi connectivity index (χ2n) is 14.9. The van der Waals surface area contributed by atoms with Crippen molar-refractivity contribution in [2.45, 2.75) is 0 Å². The summed E-state index contributed by atoms with van der Waals surface area (Å²) < 4.78 is 11.1. The molecule has 12 rings (SSSR count). The number of rotatable bonds is 5. The lowest BCUT2D eigenvalue weighted by Crippen LogP contribution is -1.96. The van der Waals surface area contributed by atoms with Gasteiger partial charge >= 0.3 is 0 Å². The van der Waals surface area contributed by atoms with Crippen molar-refractivity contribution in [3.05, 3.63) is 206 Å². The van der Waals surface area contributed by atoms with Crippen LogP contribution in [0.25, 0.3) is 110 Å². The van der Waals surface area contributed by atoms with Crippen molar-refractivity contribution in [1.82, 2.24) is 9.13 Å². The van der Waals surface area contributed by atoms with E-state index in [1.807, 2.05) is 6.07 Å². The minimum atomic E-state index is 0.904. The van der Waals surface area contributed by atoms with Gasteiger partial charge in [0, 0.05) is 38.3 Å². The number of fused-ring (bicyclic) bond motifs is 10. The smallest absolute Gasteiger partial charge is 0.137 e. The van der Waals surface area contributed by atoms with Gasteiger partial charge in [0.1, 0.15) is 11.2 Å². The minimum Gasteiger partial charge on any atom is -0.456 e. The highest BCUT2D eigenvalue weighted by Gasteiger charge is 2.19. The van der Waals surface area contributed by atoms with Gasteiger partial charge in [0.2, 0.25) is 0 Å². The molecule has 0 radical (unpaired) electrons. The second-order valence-corrected chi connectivity index (χ2v) is 14.9. The first-order chi connectivity index (χ1) is 28.3. The standard InChI is InChI=1S/C54H34N2O/c1-2-12-35(13-3-1)39-32-40(34-42(33-39)55-48-18-8-4-14-43(48)44-15-5-9-19-49(44)55)38-24-22-36(23-25-38)37-26-28-41(29-27-37)56-50-20-10-6-16-45(50)46-30-31-52-53(54(46)56)47-17-7-11-21-51(47)57-52/h1-34H. The zero-order valence-corrected chi connectivity index (χ0v) is 30.9. The Hall–Kier alpha value is -7.62. The number of hydrogen-bond donors (Lipinski definition) is 0. The maximum absolute atomic E-state index is 6.34. The van der Waals surface area contributed by atoms with E-state index in [9.17, 15) is 0 Å². The van der Waals surface area contributed by atoms with Gasteiger partial charge in [-0.2, -0.15) is 0 Å². The summed E-state index contributed by atoms with van der Waals surface area (Å²) >= 11 is 0. The van der Waals surface area contributed by atoms with Crippen molar-refractivity contribution >= 4 is 65.6 Å². The Balaban J connectivity index is 0.958. The molecule has 3 heterocycles. The normalized spacial score (nSPS) is 11.9. The van der Waals surface area contributed by atoms with Crippen LogP contribution in [0.4, 0.5) is 0 Å². The van der Waals surface area contributed by atoms with Crippen LogP contribution in [0.3, 0.4) is 0 Å². The molecule has 0 fully saturated rings. The number of nitrogens with zero attached hydrogens (tertiary/aromatic N) is 2. The molecule has 12 aromatic rings. The maximum atomic E-state index is 6.34. The van der Waals surface area contributed by atoms with E-state index in [2.05, 4.69) is 209 Å². The molecule has 0 unspecified atom stereocenters. The molecule has 0 N–H and O–H groups in total. The summed E-state index contributed by atoms with van der Waals surface area (Å²) in [4.78, 5) is 0. The Morgan fingerprint density at radius 2 is 0.754 bits per heavy atom. The Labute approximate surface area is 328 Å². The molecule has 57 heavy (non-hydrogen) atoms. The van der Waals surface area contributed by atoms with Crippen molar-refractivity contribution in [2.24, 2.45) is 0 Å². The Morgan fingerprint density at radius 1 is 0.281 bits per heavy atom. The van der Waals surface area contributed by atoms with E-state index in [0.29, 0.717) is 0 Å². The van der Waals surface area contributed by atoms with Crippen molar-refractivity contribution in [1.29, 1.82) is 0 Å². The summed E-state index contributed by atoms with van der Waals surface area (Å²) in [5.74, 6) is 0. The summed E-state index contributed by atoms with van der Waals surface area (Å²) in [6, 6.07) is 74.5. The first-order valence-corrected chi connectivity index (χ1v) is 19.5. The lowest BCUT2D eigenvalue weighted by Gasteiger charge is -2.14. The van der Waals surface area contributed by atoms with Gasteiger partial charge in [-0.3, -0.25) is 0 Å². The van der Waals surface area contributed by atoms with Gasteiger partial charge < -0.3 is 13.6 Å². The van der Waals surface area contributed by atoms with Gasteiger partial charge in [0.25, 0.3) is 0 Å². The fourth-order valence-corrected chi connectivity index (χ4v) is 9.10. The van der Waals surface area contributed by atoms with Crippen molar-refractivity contribution in [2.75, 3.05) is 0 Å². The van der Waals surface area contributed by atoms with Gasteiger partial charge in [-0.15, -0.1) is 0 Å². The van der Waals surface area contributed by atoms with Gasteiger partial charge in [-0.25, -0.2) is 0 Å². The maximum Gasteiger partial charge on any atom is 0.137 e. The molecule has 9 aromatic carbocycles. The van der Waals surface area contributed by atoms with Crippen molar-refractivity contribution in [3.63, 3.8) is 0 Å². The summed E-state index contributed by atoms with van der Waals surface area (Å²) in [5, 5.41) is 7.26. The number of furan rings is 1. The third-order valence-corrected chi connectivity index (χ3v) is 11.7. The van der Waals surface area contributed by atoms with Crippen LogP contribution < -0.4 is 0 Å². The number of aromatic nitrogens is 2. The number of hydrogen-bond acceptors (Lipinski definition) is 1. The third-order valence-electron chi connectivity index (χ3n) is 11.7. The van der Waals surface area contributed by atoms with Crippen molar-refractivity contribution in [3.8, 4) is 44.8 Å². The summed E-state index contributed by atoms with van der Waals surface area (Å²) in [6.07, 6.45) is 0. The van der Waals surface area contributed by atoms with Crippen LogP contribution in [0.15, 0.2) is 211 Å². The molecule has 0 spiro atoms. The third kappa shape index (κ3) is 4.92. The predicted octanol–water partition coefficient (Wildman–Crippen LogP) is 14.8. The largest absolute Gasteiger partial charge is 0.456 e. The molecule has 0 aliphatic rings. The van der Waals surface area contributed by atoms with Crippen LogP contribution in [0.2, 0.25) is 0 Å². The fraction of sp³-hybridized carbons (Fsp3) is 0. The van der Waals surface area contributed by atoms with E-state index in [1.54, 1.807) is 0 Å². The van der Waals surface area contributed by atoms with Gasteiger partial charge in [0.05, 0.1) is 27.5 Å². The first kappa shape index (κ1) is 31.7. The molecule has 0 saturated carbocycles. The molecule has 3 nitrogen and oxygen atoms in total. The number of benzene rings is 9. The Bertz CT molecular complexity index is 3440. The summed E-state index contributed by atoms with van der Waals surface area (Å²) in [6.45, 7) is 0. The van der Waals surface area contributed by atoms with Crippen LogP contribution in [0.5, 0.6) is 0 Å². The lowest BCUT2D eigenvalue weighted by atomic mass is 9.96. The van der Waals surface area contributed by atoms with Crippen LogP contribution in [-0.4, -0.2) is 9.13 Å². The number of para-hydroxylation sites is 4. The van der Waals surface area contributed by atoms with Gasteiger partial charge in [-0.05, 0) is 100 Å². The Kier molecular flexibility index (Phi) is 6.93. The monoisotopic (exact) mass is 726 g/mol. The van der Waals surface area contributed by atoms with E-state index in [-0.39, 0.29) is 0 Å². The average Bonchev–Trinajstić information content (AvgIpc) is 3.94. The van der Waals surface area contributed by atoms with E-state index in [0.717, 1.165) is 33.3 Å². The quantitative estimate of drug-likeness (QED) is 0.173. The van der Waals surface area contributed by atoms with E-state index in [1.165, 1.54) is 77.0 Å². The molecule has 0 amide bonds. The topological polar surface area (TPSA) is 23.0 Å². The molecule has 0 saturated heterocycles. The SMILES string of the molecule is c1ccc(-c2cc(-c3ccc(-c4ccc(-n5c6ccccc6c6ccc7oc8ccccc8c7c65)cc4)cc3)cc(-n3c4ccccc4c4ccccc43)c2)cc1.